The summed E-state index contributed by atoms with van der Waals surface area (Å²) in [5.41, 5.74) is 0. The first-order chi connectivity index (χ1) is 35.6. The third-order valence-electron chi connectivity index (χ3n) is 15.8. The predicted octanol–water partition coefficient (Wildman–Crippen LogP) is 22.2. The van der Waals surface area contributed by atoms with Crippen LogP contribution in [0.4, 0.5) is 0 Å². The van der Waals surface area contributed by atoms with E-state index in [1.807, 2.05) is 0 Å². The van der Waals surface area contributed by atoms with E-state index in [4.69, 9.17) is 14.2 Å². The molecule has 0 aromatic heterocycles. The van der Waals surface area contributed by atoms with Crippen LogP contribution < -0.4 is 0 Å². The van der Waals surface area contributed by atoms with Gasteiger partial charge in [0.1, 0.15) is 13.2 Å². The summed E-state index contributed by atoms with van der Waals surface area (Å²) in [6, 6.07) is 0. The van der Waals surface area contributed by atoms with Crippen molar-refractivity contribution in [2.45, 2.75) is 382 Å². The normalized spacial score (nSPS) is 12.5. The van der Waals surface area contributed by atoms with Crippen molar-refractivity contribution in [3.05, 3.63) is 0 Å². The number of rotatable bonds is 60. The van der Waals surface area contributed by atoms with Gasteiger partial charge in [-0.15, -0.1) is 0 Å². The van der Waals surface area contributed by atoms with Gasteiger partial charge in [0.15, 0.2) is 6.10 Å². The highest BCUT2D eigenvalue weighted by Crippen LogP contribution is 2.20. The smallest absolute Gasteiger partial charge is 0.306 e. The maximum Gasteiger partial charge on any atom is 0.306 e. The Balaban J connectivity index is 4.26. The van der Waals surface area contributed by atoms with Gasteiger partial charge in [0.05, 0.1) is 0 Å². The quantitative estimate of drug-likeness (QED) is 0.0343. The average molecular weight is 1030 g/mol. The highest BCUT2D eigenvalue weighted by molar-refractivity contribution is 5.71. The second-order valence-electron chi connectivity index (χ2n) is 24.3. The number of carbonyl (C=O) groups is 3. The Hall–Kier alpha value is -1.59. The molecule has 0 N–H and O–H groups in total. The molecule has 0 saturated carbocycles. The molecule has 6 heteroatoms. The fourth-order valence-corrected chi connectivity index (χ4v) is 10.4. The first kappa shape index (κ1) is 71.4. The number of hydrogen-bond acceptors (Lipinski definition) is 6. The molecule has 0 bridgehead atoms. The maximum absolute atomic E-state index is 12.9. The molecule has 0 aromatic rings. The monoisotopic (exact) mass is 1030 g/mol. The zero-order chi connectivity index (χ0) is 53.3. The molecule has 0 radical (unpaired) electrons. The molecule has 6 nitrogen and oxygen atoms in total. The topological polar surface area (TPSA) is 78.9 Å². The largest absolute Gasteiger partial charge is 0.462 e. The molecule has 0 aliphatic heterocycles. The minimum atomic E-state index is -0.765. The fourth-order valence-electron chi connectivity index (χ4n) is 10.4. The van der Waals surface area contributed by atoms with Crippen LogP contribution >= 0.6 is 0 Å². The number of carbonyl (C=O) groups excluding carboxylic acids is 3. The molecular formula is C67H130O6. The first-order valence-corrected chi connectivity index (χ1v) is 33.1. The molecule has 0 aliphatic rings. The van der Waals surface area contributed by atoms with Crippen LogP contribution in [0, 0.1) is 17.8 Å². The summed E-state index contributed by atoms with van der Waals surface area (Å²) in [5, 5.41) is 0. The van der Waals surface area contributed by atoms with E-state index in [-0.39, 0.29) is 31.1 Å². The number of ether oxygens (including phenoxy) is 3. The van der Waals surface area contributed by atoms with E-state index in [9.17, 15) is 14.4 Å². The first-order valence-electron chi connectivity index (χ1n) is 33.1. The van der Waals surface area contributed by atoms with Crippen molar-refractivity contribution in [1.82, 2.24) is 0 Å². The van der Waals surface area contributed by atoms with Gasteiger partial charge in [-0.3, -0.25) is 14.4 Å². The molecule has 73 heavy (non-hydrogen) atoms. The highest BCUT2D eigenvalue weighted by atomic mass is 16.6. The van der Waals surface area contributed by atoms with Gasteiger partial charge < -0.3 is 14.2 Å². The second kappa shape index (κ2) is 58.1. The summed E-state index contributed by atoms with van der Waals surface area (Å²) in [6.45, 7) is 13.9. The van der Waals surface area contributed by atoms with Gasteiger partial charge in [-0.05, 0) is 37.0 Å². The van der Waals surface area contributed by atoms with Gasteiger partial charge in [0.25, 0.3) is 0 Å². The molecule has 1 unspecified atom stereocenters. The van der Waals surface area contributed by atoms with E-state index in [1.165, 1.54) is 257 Å². The zero-order valence-electron chi connectivity index (χ0n) is 50.4. The lowest BCUT2D eigenvalue weighted by Crippen LogP contribution is -2.30. The molecule has 2 atom stereocenters. The summed E-state index contributed by atoms with van der Waals surface area (Å²) in [5.74, 6) is 1.76. The van der Waals surface area contributed by atoms with Crippen LogP contribution in [-0.4, -0.2) is 37.2 Å². The standard InChI is InChI=1S/C67H130O6/c1-7-63(6)55-49-43-37-31-25-18-14-10-8-9-11-15-19-26-32-38-44-50-56-65(68)71-59-64(60-72-66(69)57-51-45-39-33-27-22-21-24-30-36-42-48-54-62(4)5)73-67(70)58-52-46-40-34-28-20-16-12-13-17-23-29-35-41-47-53-61(2)3/h61-64H,7-60H2,1-6H3/t63?,64-/m0/s1. The lowest BCUT2D eigenvalue weighted by molar-refractivity contribution is -0.167. The molecule has 0 saturated heterocycles. The fraction of sp³-hybridized carbons (Fsp3) is 0.955. The SMILES string of the molecule is CCC(C)CCCCCCCCCCCCCCCCCCCCC(=O)OC[C@@H](COC(=O)CCCCCCCCCCCCCCC(C)C)OC(=O)CCCCCCCCCCCCCCCCCC(C)C. The van der Waals surface area contributed by atoms with E-state index < -0.39 is 6.10 Å². The Morgan fingerprint density at radius 2 is 0.479 bits per heavy atom. The Labute approximate surface area is 457 Å². The van der Waals surface area contributed by atoms with Crippen molar-refractivity contribution in [3.8, 4) is 0 Å². The predicted molar refractivity (Wildman–Crippen MR) is 316 cm³/mol. The second-order valence-corrected chi connectivity index (χ2v) is 24.3. The van der Waals surface area contributed by atoms with Crippen LogP contribution in [0.15, 0.2) is 0 Å². The van der Waals surface area contributed by atoms with Crippen LogP contribution in [0.3, 0.4) is 0 Å². The molecule has 0 rings (SSSR count). The zero-order valence-corrected chi connectivity index (χ0v) is 50.4. The summed E-state index contributed by atoms with van der Waals surface area (Å²) in [4.78, 5) is 38.4. The summed E-state index contributed by atoms with van der Waals surface area (Å²) in [6.07, 6.45) is 63.9. The maximum atomic E-state index is 12.9. The van der Waals surface area contributed by atoms with Crippen LogP contribution in [0.2, 0.25) is 0 Å². The van der Waals surface area contributed by atoms with E-state index in [0.717, 1.165) is 75.5 Å². The van der Waals surface area contributed by atoms with Crippen molar-refractivity contribution in [2.75, 3.05) is 13.2 Å². The summed E-state index contributed by atoms with van der Waals surface area (Å²) >= 11 is 0. The third kappa shape index (κ3) is 59.5. The molecule has 0 heterocycles. The van der Waals surface area contributed by atoms with Crippen molar-refractivity contribution >= 4 is 17.9 Å². The van der Waals surface area contributed by atoms with Crippen molar-refractivity contribution in [3.63, 3.8) is 0 Å². The Morgan fingerprint density at radius 3 is 0.712 bits per heavy atom. The van der Waals surface area contributed by atoms with E-state index >= 15 is 0 Å². The molecule has 434 valence electrons. The molecular weight excluding hydrogens is 901 g/mol. The molecule has 0 fully saturated rings. The van der Waals surface area contributed by atoms with Gasteiger partial charge in [-0.2, -0.15) is 0 Å². The van der Waals surface area contributed by atoms with E-state index in [0.29, 0.717) is 19.3 Å². The number of hydrogen-bond donors (Lipinski definition) is 0. The third-order valence-corrected chi connectivity index (χ3v) is 15.8. The van der Waals surface area contributed by atoms with Gasteiger partial charge in [-0.1, -0.05) is 337 Å². The Bertz CT molecular complexity index is 1130. The van der Waals surface area contributed by atoms with Crippen LogP contribution in [-0.2, 0) is 28.6 Å². The molecule has 0 aliphatic carbocycles. The Morgan fingerprint density at radius 1 is 0.274 bits per heavy atom. The van der Waals surface area contributed by atoms with Crippen molar-refractivity contribution in [1.29, 1.82) is 0 Å². The van der Waals surface area contributed by atoms with Gasteiger partial charge in [-0.25, -0.2) is 0 Å². The van der Waals surface area contributed by atoms with Gasteiger partial charge >= 0.3 is 17.9 Å². The molecule has 0 amide bonds. The minimum Gasteiger partial charge on any atom is -0.462 e. The minimum absolute atomic E-state index is 0.0623. The van der Waals surface area contributed by atoms with Crippen LogP contribution in [0.5, 0.6) is 0 Å². The van der Waals surface area contributed by atoms with Crippen LogP contribution in [0.1, 0.15) is 375 Å². The van der Waals surface area contributed by atoms with Crippen LogP contribution in [0.25, 0.3) is 0 Å². The van der Waals surface area contributed by atoms with Gasteiger partial charge in [0, 0.05) is 19.3 Å². The number of esters is 3. The average Bonchev–Trinajstić information content (AvgIpc) is 3.37. The van der Waals surface area contributed by atoms with Gasteiger partial charge in [0.2, 0.25) is 0 Å². The van der Waals surface area contributed by atoms with Crippen molar-refractivity contribution in [2.24, 2.45) is 17.8 Å². The Kier molecular flexibility index (Phi) is 56.8. The number of unbranched alkanes of at least 4 members (excludes halogenated alkanes) is 42. The molecule has 0 spiro atoms. The summed E-state index contributed by atoms with van der Waals surface area (Å²) in [7, 11) is 0. The highest BCUT2D eigenvalue weighted by Gasteiger charge is 2.20. The lowest BCUT2D eigenvalue weighted by Gasteiger charge is -2.18. The lowest BCUT2D eigenvalue weighted by atomic mass is 9.99. The van der Waals surface area contributed by atoms with E-state index in [2.05, 4.69) is 41.5 Å². The molecule has 0 aromatic carbocycles. The summed E-state index contributed by atoms with van der Waals surface area (Å²) < 4.78 is 17.0. The van der Waals surface area contributed by atoms with Crippen molar-refractivity contribution < 1.29 is 28.6 Å². The van der Waals surface area contributed by atoms with E-state index in [1.54, 1.807) is 0 Å².